The lowest BCUT2D eigenvalue weighted by Gasteiger charge is -2.40. The summed E-state index contributed by atoms with van der Waals surface area (Å²) >= 11 is 0. The summed E-state index contributed by atoms with van der Waals surface area (Å²) in [6.07, 6.45) is 16.4. The van der Waals surface area contributed by atoms with Gasteiger partial charge >= 0.3 is 0 Å². The van der Waals surface area contributed by atoms with E-state index in [-0.39, 0.29) is 0 Å². The number of benzene rings is 4. The molecule has 0 atom stereocenters. The van der Waals surface area contributed by atoms with Gasteiger partial charge in [-0.15, -0.1) is 0 Å². The molecule has 0 saturated heterocycles. The fourth-order valence-corrected chi connectivity index (χ4v) is 5.71. The van der Waals surface area contributed by atoms with Gasteiger partial charge < -0.3 is 15.1 Å². The number of hydrogen-bond donors (Lipinski definition) is 1. The van der Waals surface area contributed by atoms with Crippen molar-refractivity contribution in [2.75, 3.05) is 29.4 Å². The first-order valence-corrected chi connectivity index (χ1v) is 16.0. The van der Waals surface area contributed by atoms with Crippen molar-refractivity contribution < 1.29 is 0 Å². The Kier molecular flexibility index (Phi) is 11.6. The second kappa shape index (κ2) is 16.7. The number of hydrogen-bond acceptors (Lipinski definition) is 4. The summed E-state index contributed by atoms with van der Waals surface area (Å²) in [6.45, 7) is 8.75. The largest absolute Gasteiger partial charge is 0.391 e. The van der Waals surface area contributed by atoms with Crippen LogP contribution in [0.5, 0.6) is 0 Å². The van der Waals surface area contributed by atoms with Gasteiger partial charge in [-0.25, -0.2) is 0 Å². The predicted octanol–water partition coefficient (Wildman–Crippen LogP) is 10.3. The maximum atomic E-state index is 4.71. The van der Waals surface area contributed by atoms with Crippen LogP contribution in [0.15, 0.2) is 162 Å². The van der Waals surface area contributed by atoms with Gasteiger partial charge in [-0.3, -0.25) is 4.99 Å². The second-order valence-electron chi connectivity index (χ2n) is 11.0. The normalized spacial score (nSPS) is 13.3. The van der Waals surface area contributed by atoms with Crippen molar-refractivity contribution in [3.8, 4) is 0 Å². The van der Waals surface area contributed by atoms with Crippen LogP contribution in [-0.4, -0.2) is 25.8 Å². The Morgan fingerprint density at radius 2 is 1.36 bits per heavy atom. The number of anilines is 5. The molecule has 228 valence electrons. The molecule has 5 rings (SSSR count). The van der Waals surface area contributed by atoms with E-state index < -0.39 is 0 Å². The van der Waals surface area contributed by atoms with Crippen molar-refractivity contribution in [2.45, 2.75) is 32.6 Å². The quantitative estimate of drug-likeness (QED) is 0.0846. The first kappa shape index (κ1) is 31.3. The van der Waals surface area contributed by atoms with Crippen molar-refractivity contribution in [2.24, 2.45) is 4.99 Å². The molecule has 0 radical (unpaired) electrons. The highest BCUT2D eigenvalue weighted by atomic mass is 15.3. The Balaban J connectivity index is 1.12. The van der Waals surface area contributed by atoms with Crippen LogP contribution >= 0.6 is 0 Å². The first-order chi connectivity index (χ1) is 22.3. The van der Waals surface area contributed by atoms with Crippen molar-refractivity contribution >= 4 is 34.7 Å². The van der Waals surface area contributed by atoms with Gasteiger partial charge in [-0.2, -0.15) is 0 Å². The van der Waals surface area contributed by atoms with E-state index in [0.717, 1.165) is 56.5 Å². The molecule has 45 heavy (non-hydrogen) atoms. The van der Waals surface area contributed by atoms with E-state index in [1.165, 1.54) is 34.0 Å². The summed E-state index contributed by atoms with van der Waals surface area (Å²) in [6, 6.07) is 38.7. The van der Waals surface area contributed by atoms with Crippen LogP contribution in [0.1, 0.15) is 31.7 Å². The average molecular weight is 593 g/mol. The standard InChI is InChI=1S/C41H44N4/c1-3-35(36(4-2)28-32-43-30-17-20-34-18-7-5-8-19-34)27-31-42-29-15-16-33-44-38-23-11-13-25-40(38)45(37-21-9-6-10-22-37)41-26-14-12-24-39(41)44/h3-14,18-19,21-28,31-32,43H,1,15-17,20,29-30,33H2,2H3/b32-28-,35-27+,36-4+,42-31?. The zero-order chi connectivity index (χ0) is 31.1. The molecule has 4 nitrogen and oxygen atoms in total. The fourth-order valence-electron chi connectivity index (χ4n) is 5.71. The van der Waals surface area contributed by atoms with Crippen LogP contribution < -0.4 is 15.1 Å². The van der Waals surface area contributed by atoms with Gasteiger partial charge in [-0.1, -0.05) is 91.5 Å². The molecular formula is C41H44N4. The average Bonchev–Trinajstić information content (AvgIpc) is 3.10. The van der Waals surface area contributed by atoms with Gasteiger partial charge in [0.1, 0.15) is 0 Å². The molecule has 0 aromatic heterocycles. The molecule has 4 aromatic rings. The van der Waals surface area contributed by atoms with Crippen molar-refractivity contribution in [1.29, 1.82) is 0 Å². The number of unbranched alkanes of at least 4 members (excludes halogenated alkanes) is 1. The summed E-state index contributed by atoms with van der Waals surface area (Å²) in [5.41, 5.74) is 9.62. The molecule has 0 amide bonds. The van der Waals surface area contributed by atoms with E-state index in [1.54, 1.807) is 0 Å². The van der Waals surface area contributed by atoms with Crippen LogP contribution in [-0.2, 0) is 6.42 Å². The number of allylic oxidation sites excluding steroid dienone is 6. The minimum Gasteiger partial charge on any atom is -0.391 e. The van der Waals surface area contributed by atoms with E-state index in [1.807, 2.05) is 18.5 Å². The molecule has 1 aliphatic rings. The number of para-hydroxylation sites is 5. The van der Waals surface area contributed by atoms with E-state index in [4.69, 9.17) is 4.99 Å². The van der Waals surface area contributed by atoms with Crippen molar-refractivity contribution in [3.05, 3.63) is 163 Å². The number of nitrogens with one attached hydrogen (secondary N) is 1. The monoisotopic (exact) mass is 592 g/mol. The topological polar surface area (TPSA) is 30.9 Å². The molecule has 0 saturated carbocycles. The van der Waals surface area contributed by atoms with Crippen molar-refractivity contribution in [1.82, 2.24) is 5.32 Å². The van der Waals surface area contributed by atoms with E-state index in [0.29, 0.717) is 0 Å². The SMILES string of the molecule is C=CC(=C\C=NCCCCN1c2ccccc2N(c2ccccc2)c2ccccc21)/C(/C=C\NCCCc1ccccc1)=C/C. The summed E-state index contributed by atoms with van der Waals surface area (Å²) in [5, 5.41) is 3.42. The van der Waals surface area contributed by atoms with Crippen LogP contribution in [0.4, 0.5) is 28.4 Å². The molecule has 1 N–H and O–H groups in total. The molecule has 0 fully saturated rings. The number of nitrogens with zero attached hydrogens (tertiary/aromatic N) is 3. The fraction of sp³-hybridized carbons (Fsp3) is 0.195. The van der Waals surface area contributed by atoms with E-state index in [2.05, 4.69) is 156 Å². The minimum atomic E-state index is 0.790. The van der Waals surface area contributed by atoms with Gasteiger partial charge in [-0.05, 0) is 104 Å². The molecule has 1 heterocycles. The molecule has 0 spiro atoms. The smallest absolute Gasteiger partial charge is 0.0699 e. The Bertz CT molecular complexity index is 1590. The second-order valence-corrected chi connectivity index (χ2v) is 11.0. The Labute approximate surface area is 269 Å². The van der Waals surface area contributed by atoms with Gasteiger partial charge in [0.05, 0.1) is 22.7 Å². The lowest BCUT2D eigenvalue weighted by molar-refractivity contribution is 0.742. The maximum absolute atomic E-state index is 4.71. The Morgan fingerprint density at radius 1 is 0.733 bits per heavy atom. The van der Waals surface area contributed by atoms with E-state index in [9.17, 15) is 0 Å². The van der Waals surface area contributed by atoms with Gasteiger partial charge in [0.25, 0.3) is 0 Å². The molecular weight excluding hydrogens is 548 g/mol. The number of aliphatic imine (C=N–C) groups is 1. The molecule has 4 aromatic carbocycles. The highest BCUT2D eigenvalue weighted by Crippen LogP contribution is 2.50. The third-order valence-corrected chi connectivity index (χ3v) is 7.99. The zero-order valence-electron chi connectivity index (χ0n) is 26.4. The Hall–Kier alpha value is -5.09. The van der Waals surface area contributed by atoms with Crippen LogP contribution in [0.2, 0.25) is 0 Å². The first-order valence-electron chi connectivity index (χ1n) is 16.0. The third kappa shape index (κ3) is 8.30. The highest BCUT2D eigenvalue weighted by molar-refractivity contribution is 5.97. The third-order valence-electron chi connectivity index (χ3n) is 7.99. The maximum Gasteiger partial charge on any atom is 0.0699 e. The van der Waals surface area contributed by atoms with Crippen LogP contribution in [0.25, 0.3) is 0 Å². The van der Waals surface area contributed by atoms with Gasteiger partial charge in [0, 0.05) is 31.5 Å². The summed E-state index contributed by atoms with van der Waals surface area (Å²) in [7, 11) is 0. The summed E-state index contributed by atoms with van der Waals surface area (Å²) < 4.78 is 0. The predicted molar refractivity (Wildman–Crippen MR) is 195 cm³/mol. The van der Waals surface area contributed by atoms with Gasteiger partial charge in [0.2, 0.25) is 0 Å². The number of fused-ring (bicyclic) bond motifs is 2. The molecule has 4 heteroatoms. The molecule has 0 bridgehead atoms. The Morgan fingerprint density at radius 3 is 2.00 bits per heavy atom. The van der Waals surface area contributed by atoms with Gasteiger partial charge in [0.15, 0.2) is 0 Å². The highest BCUT2D eigenvalue weighted by Gasteiger charge is 2.28. The number of aryl methyl sites for hydroxylation is 1. The zero-order valence-corrected chi connectivity index (χ0v) is 26.4. The minimum absolute atomic E-state index is 0.790. The van der Waals surface area contributed by atoms with Crippen molar-refractivity contribution in [3.63, 3.8) is 0 Å². The summed E-state index contributed by atoms with van der Waals surface area (Å²) in [4.78, 5) is 9.53. The van der Waals surface area contributed by atoms with Crippen LogP contribution in [0.3, 0.4) is 0 Å². The lowest BCUT2D eigenvalue weighted by Crippen LogP contribution is -2.28. The molecule has 1 aliphatic heterocycles. The van der Waals surface area contributed by atoms with E-state index >= 15 is 0 Å². The molecule has 0 unspecified atom stereocenters. The summed E-state index contributed by atoms with van der Waals surface area (Å²) in [5.74, 6) is 0. The van der Waals surface area contributed by atoms with Crippen LogP contribution in [0, 0.1) is 0 Å². The lowest BCUT2D eigenvalue weighted by atomic mass is 10.1. The number of rotatable bonds is 15. The molecule has 0 aliphatic carbocycles.